The zero-order chi connectivity index (χ0) is 79.0. The molecule has 6 heterocycles. The number of fused-ring (bicyclic) bond motifs is 2. The molecule has 24 N–H and O–H groups in total. The van der Waals surface area contributed by atoms with Gasteiger partial charge in [-0.2, -0.15) is 0 Å². The van der Waals surface area contributed by atoms with E-state index in [-0.39, 0.29) is 179 Å². The summed E-state index contributed by atoms with van der Waals surface area (Å²) in [4.78, 5) is 216. The molecule has 4 saturated heterocycles. The number of H-pyrrole nitrogens is 1. The first-order valence-corrected chi connectivity index (χ1v) is 37.6. The molecule has 1 aromatic rings. The number of imidazole rings is 1. The van der Waals surface area contributed by atoms with Gasteiger partial charge in [0.05, 0.1) is 12.9 Å². The number of hydrogen-bond acceptors (Lipinski definition) is 20. The molecule has 6 rings (SSSR count). The lowest BCUT2D eigenvalue weighted by molar-refractivity contribution is -0.146. The van der Waals surface area contributed by atoms with Crippen LogP contribution in [-0.2, 0) is 73.5 Å². The highest BCUT2D eigenvalue weighted by atomic mass is 16.4. The number of nitrogens with one attached hydrogen (secondary N) is 12. The second kappa shape index (κ2) is 44.3. The third-order valence-corrected chi connectivity index (χ3v) is 19.4. The van der Waals surface area contributed by atoms with E-state index in [9.17, 15) is 77.3 Å². The van der Waals surface area contributed by atoms with E-state index in [1.807, 2.05) is 6.92 Å². The molecule has 0 radical (unpaired) electrons. The number of unbranched alkanes of at least 4 members (excludes halogenated alkanes) is 2. The first-order valence-electron chi connectivity index (χ1n) is 37.6. The lowest BCUT2D eigenvalue weighted by atomic mass is 10.0. The number of aliphatic imine (C=N–C) groups is 2. The van der Waals surface area contributed by atoms with Gasteiger partial charge in [-0.1, -0.05) is 45.8 Å². The maximum absolute atomic E-state index is 15.0. The van der Waals surface area contributed by atoms with Crippen molar-refractivity contribution >= 4 is 94.7 Å². The number of guanidine groups is 2. The number of rotatable bonds is 36. The Labute approximate surface area is 627 Å². The van der Waals surface area contributed by atoms with Gasteiger partial charge >= 0.3 is 5.97 Å². The number of aliphatic hydroxyl groups is 1. The second-order valence-corrected chi connectivity index (χ2v) is 28.2. The van der Waals surface area contributed by atoms with Crippen molar-refractivity contribution in [2.45, 2.75) is 241 Å². The average molecular weight is 1520 g/mol. The predicted octanol–water partition coefficient (Wildman–Crippen LogP) is -5.94. The van der Waals surface area contributed by atoms with Gasteiger partial charge in [0.1, 0.15) is 78.5 Å². The molecule has 0 aliphatic carbocycles. The molecule has 5 aliphatic rings. The van der Waals surface area contributed by atoms with Gasteiger partial charge in [0.25, 0.3) is 0 Å². The van der Waals surface area contributed by atoms with Crippen molar-refractivity contribution in [1.82, 2.24) is 83.2 Å². The smallest absolute Gasteiger partial charge is 0.326 e. The van der Waals surface area contributed by atoms with Crippen LogP contribution in [0.2, 0.25) is 0 Å². The molecular weight excluding hydrogens is 1410 g/mol. The van der Waals surface area contributed by atoms with Crippen LogP contribution in [0.25, 0.3) is 0 Å². The third kappa shape index (κ3) is 27.0. The van der Waals surface area contributed by atoms with Gasteiger partial charge in [-0.25, -0.2) is 9.78 Å². The summed E-state index contributed by atoms with van der Waals surface area (Å²) in [6.45, 7) is 5.34. The van der Waals surface area contributed by atoms with E-state index in [4.69, 9.17) is 28.7 Å². The lowest BCUT2D eigenvalue weighted by Gasteiger charge is -2.32. The number of amides is 13. The number of hydrogen-bond donors (Lipinski definition) is 19. The number of carbonyl (C=O) groups is 14. The van der Waals surface area contributed by atoms with Crippen molar-refractivity contribution < 1.29 is 77.3 Å². The molecule has 39 heteroatoms. The fourth-order valence-corrected chi connectivity index (χ4v) is 13.7. The van der Waals surface area contributed by atoms with E-state index >= 15 is 0 Å². The van der Waals surface area contributed by atoms with Crippen molar-refractivity contribution in [2.75, 3.05) is 59.0 Å². The predicted molar refractivity (Wildman–Crippen MR) is 393 cm³/mol. The summed E-state index contributed by atoms with van der Waals surface area (Å²) in [7, 11) is 0. The summed E-state index contributed by atoms with van der Waals surface area (Å²) in [5.74, 6) is -11.4. The van der Waals surface area contributed by atoms with Crippen LogP contribution in [0.4, 0.5) is 0 Å². The van der Waals surface area contributed by atoms with Crippen LogP contribution in [0.5, 0.6) is 0 Å². The number of nitrogens with two attached hydrogens (primary N) is 5. The molecule has 108 heavy (non-hydrogen) atoms. The molecule has 0 unspecified atom stereocenters. The van der Waals surface area contributed by atoms with Gasteiger partial charge in [-0.15, -0.1) is 0 Å². The highest BCUT2D eigenvalue weighted by molar-refractivity contribution is 6.01. The maximum atomic E-state index is 15.0. The van der Waals surface area contributed by atoms with Crippen LogP contribution >= 0.6 is 0 Å². The van der Waals surface area contributed by atoms with Crippen LogP contribution in [0.15, 0.2) is 34.7 Å². The minimum absolute atomic E-state index is 0.0162. The van der Waals surface area contributed by atoms with Gasteiger partial charge in [-0.3, -0.25) is 72.3 Å². The van der Waals surface area contributed by atoms with Crippen molar-refractivity contribution in [3.05, 3.63) is 30.4 Å². The van der Waals surface area contributed by atoms with Crippen LogP contribution in [0.1, 0.15) is 161 Å². The molecule has 0 aromatic carbocycles. The highest BCUT2D eigenvalue weighted by Gasteiger charge is 2.45. The quantitative estimate of drug-likeness (QED) is 0.0129. The van der Waals surface area contributed by atoms with Crippen LogP contribution in [-0.4, -0.2) is 267 Å². The minimum Gasteiger partial charge on any atom is -0.480 e. The van der Waals surface area contributed by atoms with Crippen molar-refractivity contribution in [1.29, 1.82) is 0 Å². The van der Waals surface area contributed by atoms with Gasteiger partial charge in [0.15, 0.2) is 11.9 Å². The fraction of sp³-hybridized carbons (Fsp3) is 0.696. The zero-order valence-corrected chi connectivity index (χ0v) is 62.0. The summed E-state index contributed by atoms with van der Waals surface area (Å²) in [6, 6.07) is -16.6. The molecule has 13 atom stereocenters. The maximum Gasteiger partial charge on any atom is 0.326 e. The first-order chi connectivity index (χ1) is 51.6. The second-order valence-electron chi connectivity index (χ2n) is 28.2. The Morgan fingerprint density at radius 1 is 0.630 bits per heavy atom. The molecule has 0 bridgehead atoms. The Hall–Kier alpha value is -10.1. The zero-order valence-electron chi connectivity index (χ0n) is 62.0. The molecule has 0 spiro atoms. The third-order valence-electron chi connectivity index (χ3n) is 19.4. The lowest BCUT2D eigenvalue weighted by Crippen LogP contribution is -2.61. The van der Waals surface area contributed by atoms with E-state index in [0.717, 1.165) is 0 Å². The number of likely N-dealkylation sites (tertiary alicyclic amines) is 1. The van der Waals surface area contributed by atoms with Crippen molar-refractivity contribution in [3.63, 3.8) is 0 Å². The normalized spacial score (nSPS) is 22.7. The monoisotopic (exact) mass is 1520 g/mol. The Bertz CT molecular complexity index is 3350. The Morgan fingerprint density at radius 2 is 1.21 bits per heavy atom. The molecule has 1 aromatic heterocycles. The van der Waals surface area contributed by atoms with Gasteiger partial charge < -0.3 is 117 Å². The standard InChI is InChI=1S/C69H113N23O16/c1-4-5-15-44-64(104)91-32-14-22-53(91)63(103)86-47(67(107)108)17-7-9-27-75-30-25-46(66(106)92-33-13-21-52(92)62(102)85-44)84-55(95)41(16-6-8-26-70)81-59(99)49(35-40-36-76-38-79-40)88-60(100)50(37-93)89-58(98)48(34-39(2)3)87-56(96)42(18-10-28-77-68(71)72)82-61(101)51-20-12-31-90(51)65(105)45(19-11-29-78-69(73)74)83-57(97)43-23-24-54(94)80-43/h7,9,36,38-39,41-53,75,93H,4-6,8,10-35,37,70H2,1-3H3,(H,76,79)(H,80,94)(H,81,99)(H,82,101)(H,83,97)(H,84,95)(H,85,102)(H,86,103)(H,87,96)(H,88,100)(H,89,98)(H,107,108)(H4,71,72,77)(H4,73,74,78)/b9-7-/t41-,42-,43-,44-,45-,46-,47-,48-,49-,50-,51-,52-,53-/m0/s1. The Kier molecular flexibility index (Phi) is 35.6. The van der Waals surface area contributed by atoms with Gasteiger partial charge in [0.2, 0.25) is 76.8 Å². The van der Waals surface area contributed by atoms with E-state index < -0.39 is 162 Å². The van der Waals surface area contributed by atoms with Crippen LogP contribution < -0.4 is 87.2 Å². The molecule has 39 nitrogen and oxygen atoms in total. The number of carbonyl (C=O) groups excluding carboxylic acids is 13. The first kappa shape index (κ1) is 86.9. The molecular formula is C69H113N23O16. The fourth-order valence-electron chi connectivity index (χ4n) is 13.7. The summed E-state index contributed by atoms with van der Waals surface area (Å²) in [5.41, 5.74) is 28.4. The number of aromatic nitrogens is 2. The summed E-state index contributed by atoms with van der Waals surface area (Å²) >= 11 is 0. The molecule has 5 aliphatic heterocycles. The number of aliphatic hydroxyl groups excluding tert-OH is 1. The van der Waals surface area contributed by atoms with E-state index in [2.05, 4.69) is 78.4 Å². The molecule has 4 fully saturated rings. The number of carboxylic acids is 1. The van der Waals surface area contributed by atoms with Gasteiger partial charge in [0, 0.05) is 64.0 Å². The van der Waals surface area contributed by atoms with Crippen LogP contribution in [0.3, 0.4) is 0 Å². The van der Waals surface area contributed by atoms with Crippen LogP contribution in [0, 0.1) is 5.92 Å². The number of nitrogens with zero attached hydrogens (tertiary/aromatic N) is 6. The SMILES string of the molecule is CCCC[C@@H]1NC(=O)[C@@H]2CCCN2C(=O)[C@@H](NC(=O)[C@H](CCCCN)NC(=O)[C@H](Cc2cnc[nH]2)NC(=O)[C@H](CO)NC(=O)[C@H](CC(C)C)NC(=O)[C@H](CCCN=C(N)N)NC(=O)[C@@H]2CCCN2C(=O)[C@H](CCCN=C(N)N)NC(=O)[C@@H]2CCC(=O)N2)CCNC/C=C\C[C@@H](C(=O)O)NC(=O)[C@@H]2CCCN2C1=O. The van der Waals surface area contributed by atoms with Crippen molar-refractivity contribution in [3.8, 4) is 0 Å². The molecule has 13 amide bonds. The highest BCUT2D eigenvalue weighted by Crippen LogP contribution is 2.25. The molecule has 0 saturated carbocycles. The Balaban J connectivity index is 1.19. The largest absolute Gasteiger partial charge is 0.480 e. The van der Waals surface area contributed by atoms with Gasteiger partial charge in [-0.05, 0) is 135 Å². The average Bonchev–Trinajstić information content (AvgIpc) is 1.64. The van der Waals surface area contributed by atoms with E-state index in [0.29, 0.717) is 44.2 Å². The summed E-state index contributed by atoms with van der Waals surface area (Å²) in [6.07, 6.45) is 9.93. The summed E-state index contributed by atoms with van der Waals surface area (Å²) in [5, 5.41) is 50.8. The molecule has 600 valence electrons. The number of aliphatic carboxylic acids is 1. The summed E-state index contributed by atoms with van der Waals surface area (Å²) < 4.78 is 0. The topological polar surface area (TPSA) is 605 Å². The van der Waals surface area contributed by atoms with Crippen molar-refractivity contribution in [2.24, 2.45) is 44.6 Å². The number of aromatic amines is 1. The Morgan fingerprint density at radius 3 is 1.82 bits per heavy atom. The number of carboxylic acid groups (broad SMARTS) is 1. The van der Waals surface area contributed by atoms with E-state index in [1.54, 1.807) is 26.0 Å². The minimum atomic E-state index is -1.79. The van der Waals surface area contributed by atoms with E-state index in [1.165, 1.54) is 27.2 Å².